The molecule has 1 N–H and O–H groups in total. The first-order valence-electron chi connectivity index (χ1n) is 7.01. The van der Waals surface area contributed by atoms with E-state index in [2.05, 4.69) is 33.0 Å². The Morgan fingerprint density at radius 3 is 2.81 bits per heavy atom. The molecule has 21 heavy (non-hydrogen) atoms. The summed E-state index contributed by atoms with van der Waals surface area (Å²) in [5, 5.41) is 11.4. The zero-order valence-electron chi connectivity index (χ0n) is 12.2. The summed E-state index contributed by atoms with van der Waals surface area (Å²) in [4.78, 5) is 7.93. The van der Waals surface area contributed by atoms with E-state index in [4.69, 9.17) is 4.98 Å². The van der Waals surface area contributed by atoms with Crippen molar-refractivity contribution in [1.82, 2.24) is 14.3 Å². The molecule has 110 valence electrons. The smallest absolute Gasteiger partial charge is 0.194 e. The summed E-state index contributed by atoms with van der Waals surface area (Å²) in [5.41, 5.74) is 3.33. The number of imidazole rings is 1. The molecule has 3 aromatic rings. The SMILES string of the molecule is C[C@@H](CO)N(C)Cc1c(-c2ccccc2)nc2sccn12. The van der Waals surface area contributed by atoms with Crippen molar-refractivity contribution in [2.24, 2.45) is 0 Å². The molecule has 2 aromatic heterocycles. The Kier molecular flexibility index (Phi) is 4.05. The molecule has 2 heterocycles. The number of fused-ring (bicyclic) bond motifs is 1. The van der Waals surface area contributed by atoms with Crippen molar-refractivity contribution in [3.63, 3.8) is 0 Å². The average molecular weight is 301 g/mol. The normalized spacial score (nSPS) is 13.1. The maximum Gasteiger partial charge on any atom is 0.194 e. The van der Waals surface area contributed by atoms with Crippen LogP contribution in [0.4, 0.5) is 0 Å². The van der Waals surface area contributed by atoms with Crippen LogP contribution in [-0.4, -0.2) is 39.1 Å². The number of hydrogen-bond acceptors (Lipinski definition) is 4. The summed E-state index contributed by atoms with van der Waals surface area (Å²) in [7, 11) is 2.03. The molecule has 0 aliphatic rings. The van der Waals surface area contributed by atoms with Gasteiger partial charge in [-0.25, -0.2) is 4.98 Å². The molecule has 0 aliphatic carbocycles. The van der Waals surface area contributed by atoms with Gasteiger partial charge in [0.05, 0.1) is 18.0 Å². The van der Waals surface area contributed by atoms with E-state index < -0.39 is 0 Å². The largest absolute Gasteiger partial charge is 0.395 e. The average Bonchev–Trinajstić information content (AvgIpc) is 3.10. The second-order valence-corrected chi connectivity index (χ2v) is 6.15. The number of likely N-dealkylation sites (N-methyl/N-ethyl adjacent to an activating group) is 1. The minimum atomic E-state index is 0.123. The van der Waals surface area contributed by atoms with Crippen LogP contribution in [0.15, 0.2) is 41.9 Å². The summed E-state index contributed by atoms with van der Waals surface area (Å²) in [5.74, 6) is 0. The molecule has 0 spiro atoms. The summed E-state index contributed by atoms with van der Waals surface area (Å²) in [6.45, 7) is 2.93. The Labute approximate surface area is 128 Å². The fourth-order valence-electron chi connectivity index (χ4n) is 2.34. The standard InChI is InChI=1S/C16H19N3OS/c1-12(11-20)18(2)10-14-15(13-6-4-3-5-7-13)17-16-19(14)8-9-21-16/h3-9,12,20H,10-11H2,1-2H3/t12-/m0/s1. The van der Waals surface area contributed by atoms with E-state index in [0.29, 0.717) is 0 Å². The number of benzene rings is 1. The number of aliphatic hydroxyl groups excluding tert-OH is 1. The van der Waals surface area contributed by atoms with Gasteiger partial charge >= 0.3 is 0 Å². The Balaban J connectivity index is 2.04. The van der Waals surface area contributed by atoms with Crippen LogP contribution in [0, 0.1) is 0 Å². The van der Waals surface area contributed by atoms with Crippen molar-refractivity contribution in [1.29, 1.82) is 0 Å². The van der Waals surface area contributed by atoms with Gasteiger partial charge in [0.1, 0.15) is 0 Å². The molecule has 1 aromatic carbocycles. The highest BCUT2D eigenvalue weighted by atomic mass is 32.1. The molecule has 0 bridgehead atoms. The molecular formula is C16H19N3OS. The van der Waals surface area contributed by atoms with Crippen LogP contribution in [0.25, 0.3) is 16.2 Å². The van der Waals surface area contributed by atoms with E-state index in [1.54, 1.807) is 11.3 Å². The second kappa shape index (κ2) is 5.97. The van der Waals surface area contributed by atoms with Gasteiger partial charge in [0.2, 0.25) is 0 Å². The van der Waals surface area contributed by atoms with Crippen molar-refractivity contribution in [3.05, 3.63) is 47.6 Å². The third-order valence-corrected chi connectivity index (χ3v) is 4.58. The zero-order chi connectivity index (χ0) is 14.8. The lowest BCUT2D eigenvalue weighted by Gasteiger charge is -2.22. The van der Waals surface area contributed by atoms with Gasteiger partial charge in [-0.15, -0.1) is 11.3 Å². The van der Waals surface area contributed by atoms with Crippen LogP contribution in [0.2, 0.25) is 0 Å². The third kappa shape index (κ3) is 2.72. The van der Waals surface area contributed by atoms with Gasteiger partial charge in [0.25, 0.3) is 0 Å². The van der Waals surface area contributed by atoms with E-state index in [0.717, 1.165) is 22.8 Å². The van der Waals surface area contributed by atoms with Crippen LogP contribution in [0.5, 0.6) is 0 Å². The van der Waals surface area contributed by atoms with Crippen LogP contribution in [0.3, 0.4) is 0 Å². The number of thiazole rings is 1. The Morgan fingerprint density at radius 1 is 1.33 bits per heavy atom. The van der Waals surface area contributed by atoms with Crippen LogP contribution >= 0.6 is 11.3 Å². The topological polar surface area (TPSA) is 40.8 Å². The lowest BCUT2D eigenvalue weighted by molar-refractivity contribution is 0.153. The summed E-state index contributed by atoms with van der Waals surface area (Å²) in [6.07, 6.45) is 2.06. The van der Waals surface area contributed by atoms with E-state index in [-0.39, 0.29) is 12.6 Å². The number of hydrogen-bond donors (Lipinski definition) is 1. The van der Waals surface area contributed by atoms with Crippen molar-refractivity contribution >= 4 is 16.3 Å². The van der Waals surface area contributed by atoms with Crippen LogP contribution < -0.4 is 0 Å². The van der Waals surface area contributed by atoms with E-state index in [1.807, 2.05) is 32.2 Å². The van der Waals surface area contributed by atoms with Gasteiger partial charge in [-0.05, 0) is 14.0 Å². The molecule has 0 fully saturated rings. The molecule has 0 unspecified atom stereocenters. The Hall–Kier alpha value is -1.69. The third-order valence-electron chi connectivity index (χ3n) is 3.82. The first-order valence-corrected chi connectivity index (χ1v) is 7.89. The zero-order valence-corrected chi connectivity index (χ0v) is 13.0. The van der Waals surface area contributed by atoms with Crippen molar-refractivity contribution in [3.8, 4) is 11.3 Å². The van der Waals surface area contributed by atoms with Crippen molar-refractivity contribution in [2.45, 2.75) is 19.5 Å². The second-order valence-electron chi connectivity index (χ2n) is 5.28. The summed E-state index contributed by atoms with van der Waals surface area (Å²) in [6, 6.07) is 10.4. The monoisotopic (exact) mass is 301 g/mol. The minimum Gasteiger partial charge on any atom is -0.395 e. The van der Waals surface area contributed by atoms with Gasteiger partial charge in [-0.1, -0.05) is 30.3 Å². The van der Waals surface area contributed by atoms with Crippen molar-refractivity contribution < 1.29 is 5.11 Å². The minimum absolute atomic E-state index is 0.123. The maximum atomic E-state index is 9.33. The fraction of sp³-hybridized carbons (Fsp3) is 0.312. The molecule has 5 heteroatoms. The lowest BCUT2D eigenvalue weighted by atomic mass is 10.1. The van der Waals surface area contributed by atoms with Crippen molar-refractivity contribution in [2.75, 3.05) is 13.7 Å². The van der Waals surface area contributed by atoms with E-state index in [9.17, 15) is 5.11 Å². The van der Waals surface area contributed by atoms with Crippen LogP contribution in [0.1, 0.15) is 12.6 Å². The highest BCUT2D eigenvalue weighted by molar-refractivity contribution is 7.15. The van der Waals surface area contributed by atoms with Crippen LogP contribution in [-0.2, 0) is 6.54 Å². The molecule has 0 saturated carbocycles. The van der Waals surface area contributed by atoms with Gasteiger partial charge in [-0.3, -0.25) is 9.30 Å². The lowest BCUT2D eigenvalue weighted by Crippen LogP contribution is -2.31. The van der Waals surface area contributed by atoms with E-state index >= 15 is 0 Å². The first-order chi connectivity index (χ1) is 10.2. The molecule has 0 saturated heterocycles. The number of rotatable bonds is 5. The van der Waals surface area contributed by atoms with Gasteiger partial charge in [0, 0.05) is 29.7 Å². The Bertz CT molecular complexity index is 720. The molecule has 3 rings (SSSR count). The quantitative estimate of drug-likeness (QED) is 0.788. The maximum absolute atomic E-state index is 9.33. The number of aliphatic hydroxyl groups is 1. The first kappa shape index (κ1) is 14.3. The molecule has 1 atom stereocenters. The predicted molar refractivity (Wildman–Crippen MR) is 86.5 cm³/mol. The van der Waals surface area contributed by atoms with Gasteiger partial charge in [0.15, 0.2) is 4.96 Å². The summed E-state index contributed by atoms with van der Waals surface area (Å²) >= 11 is 1.64. The number of aromatic nitrogens is 2. The summed E-state index contributed by atoms with van der Waals surface area (Å²) < 4.78 is 2.15. The molecule has 0 radical (unpaired) electrons. The molecular weight excluding hydrogens is 282 g/mol. The molecule has 0 aliphatic heterocycles. The molecule has 0 amide bonds. The highest BCUT2D eigenvalue weighted by Crippen LogP contribution is 2.27. The fourth-order valence-corrected chi connectivity index (χ4v) is 3.08. The van der Waals surface area contributed by atoms with E-state index in [1.165, 1.54) is 5.69 Å². The molecule has 4 nitrogen and oxygen atoms in total. The Morgan fingerprint density at radius 2 is 2.10 bits per heavy atom. The van der Waals surface area contributed by atoms with Gasteiger partial charge < -0.3 is 5.11 Å². The number of nitrogens with zero attached hydrogens (tertiary/aromatic N) is 3. The predicted octanol–water partition coefficient (Wildman–Crippen LogP) is 2.88. The highest BCUT2D eigenvalue weighted by Gasteiger charge is 2.18. The van der Waals surface area contributed by atoms with Gasteiger partial charge in [-0.2, -0.15) is 0 Å².